The van der Waals surface area contributed by atoms with Crippen LogP contribution in [-0.4, -0.2) is 52.3 Å². The number of aromatic nitrogens is 1. The Morgan fingerprint density at radius 3 is 2.64 bits per heavy atom. The van der Waals surface area contributed by atoms with Crippen LogP contribution >= 0.6 is 0 Å². The quantitative estimate of drug-likeness (QED) is 0.923. The number of carbonyl (C=O) groups excluding carboxylic acids is 1. The number of hydrogen-bond donors (Lipinski definition) is 1. The number of carbonyl (C=O) groups is 2. The summed E-state index contributed by atoms with van der Waals surface area (Å²) in [7, 11) is 0. The number of morpholine rings is 1. The van der Waals surface area contributed by atoms with Crippen LogP contribution in [0, 0.1) is 13.8 Å². The van der Waals surface area contributed by atoms with E-state index in [0.717, 1.165) is 11.4 Å². The monoisotopic (exact) mass is 308 g/mol. The molecular weight excluding hydrogens is 284 g/mol. The van der Waals surface area contributed by atoms with Crippen LogP contribution in [0.15, 0.2) is 6.07 Å². The third kappa shape index (κ3) is 3.32. The lowest BCUT2D eigenvalue weighted by Crippen LogP contribution is -2.46. The maximum absolute atomic E-state index is 12.7. The number of ether oxygens (including phenoxy) is 1. The molecule has 1 aliphatic heterocycles. The summed E-state index contributed by atoms with van der Waals surface area (Å²) in [6.45, 7) is 9.34. The van der Waals surface area contributed by atoms with Crippen molar-refractivity contribution in [2.75, 3.05) is 19.7 Å². The second-order valence-electron chi connectivity index (χ2n) is 6.09. The van der Waals surface area contributed by atoms with Crippen molar-refractivity contribution in [1.82, 2.24) is 9.47 Å². The van der Waals surface area contributed by atoms with Crippen LogP contribution in [0.3, 0.4) is 0 Å². The first-order chi connectivity index (χ1) is 10.3. The van der Waals surface area contributed by atoms with E-state index in [4.69, 9.17) is 9.84 Å². The Morgan fingerprint density at radius 2 is 2.09 bits per heavy atom. The summed E-state index contributed by atoms with van der Waals surface area (Å²) in [6.07, 6.45) is -0.502. The van der Waals surface area contributed by atoms with Crippen LogP contribution in [0.5, 0.6) is 0 Å². The number of aryl methyl sites for hydroxylation is 1. The van der Waals surface area contributed by atoms with E-state index in [1.54, 1.807) is 4.90 Å². The molecule has 1 aromatic rings. The molecule has 0 radical (unpaired) electrons. The Morgan fingerprint density at radius 1 is 1.41 bits per heavy atom. The van der Waals surface area contributed by atoms with Gasteiger partial charge in [0.15, 0.2) is 0 Å². The van der Waals surface area contributed by atoms with Crippen LogP contribution in [0.1, 0.15) is 48.1 Å². The highest BCUT2D eigenvalue weighted by Crippen LogP contribution is 2.22. The average molecular weight is 308 g/mol. The normalized spacial score (nSPS) is 18.8. The number of carboxylic acids is 1. The fourth-order valence-electron chi connectivity index (χ4n) is 3.18. The number of amides is 1. The van der Waals surface area contributed by atoms with Gasteiger partial charge in [-0.25, -0.2) is 0 Å². The molecule has 0 aliphatic carbocycles. The lowest BCUT2D eigenvalue weighted by Gasteiger charge is -2.32. The third-order valence-electron chi connectivity index (χ3n) is 4.06. The van der Waals surface area contributed by atoms with E-state index in [2.05, 4.69) is 18.4 Å². The third-order valence-corrected chi connectivity index (χ3v) is 4.06. The summed E-state index contributed by atoms with van der Waals surface area (Å²) in [5, 5.41) is 8.87. The summed E-state index contributed by atoms with van der Waals surface area (Å²) in [6, 6.07) is 2.21. The van der Waals surface area contributed by atoms with E-state index in [9.17, 15) is 9.59 Å². The molecule has 0 spiro atoms. The highest BCUT2D eigenvalue weighted by atomic mass is 16.5. The van der Waals surface area contributed by atoms with Crippen molar-refractivity contribution < 1.29 is 19.4 Å². The molecule has 1 amide bonds. The maximum Gasteiger partial charge on any atom is 0.306 e. The van der Waals surface area contributed by atoms with Gasteiger partial charge >= 0.3 is 5.97 Å². The lowest BCUT2D eigenvalue weighted by molar-refractivity contribution is -0.141. The molecule has 6 nitrogen and oxygen atoms in total. The predicted molar refractivity (Wildman–Crippen MR) is 82.2 cm³/mol. The van der Waals surface area contributed by atoms with Crippen molar-refractivity contribution in [3.8, 4) is 0 Å². The van der Waals surface area contributed by atoms with Crippen LogP contribution < -0.4 is 0 Å². The van der Waals surface area contributed by atoms with E-state index in [1.807, 2.05) is 19.9 Å². The SMILES string of the molecule is Cc1cc(C(=O)N2CCOC(CC(=O)O)C2)c(C)n1C(C)C. The largest absolute Gasteiger partial charge is 0.481 e. The summed E-state index contributed by atoms with van der Waals surface area (Å²) in [5.74, 6) is -0.948. The van der Waals surface area contributed by atoms with Crippen molar-refractivity contribution in [2.24, 2.45) is 0 Å². The summed E-state index contributed by atoms with van der Waals surface area (Å²) in [4.78, 5) is 25.3. The minimum absolute atomic E-state index is 0.0429. The summed E-state index contributed by atoms with van der Waals surface area (Å²) < 4.78 is 7.56. The van der Waals surface area contributed by atoms with Gasteiger partial charge in [-0.05, 0) is 33.8 Å². The van der Waals surface area contributed by atoms with Gasteiger partial charge in [0.05, 0.1) is 24.7 Å². The smallest absolute Gasteiger partial charge is 0.306 e. The van der Waals surface area contributed by atoms with E-state index < -0.39 is 12.1 Å². The summed E-state index contributed by atoms with van der Waals surface area (Å²) in [5.41, 5.74) is 2.71. The van der Waals surface area contributed by atoms with Crippen molar-refractivity contribution in [3.63, 3.8) is 0 Å². The van der Waals surface area contributed by atoms with Crippen molar-refractivity contribution in [2.45, 2.75) is 46.3 Å². The van der Waals surface area contributed by atoms with Crippen molar-refractivity contribution in [3.05, 3.63) is 23.0 Å². The highest BCUT2D eigenvalue weighted by Gasteiger charge is 2.28. The molecule has 0 aromatic carbocycles. The molecule has 0 saturated carbocycles. The number of rotatable bonds is 4. The van der Waals surface area contributed by atoms with Gasteiger partial charge < -0.3 is 19.3 Å². The molecule has 1 aliphatic rings. The molecule has 1 aromatic heterocycles. The summed E-state index contributed by atoms with van der Waals surface area (Å²) >= 11 is 0. The minimum atomic E-state index is -0.905. The van der Waals surface area contributed by atoms with Gasteiger partial charge in [-0.1, -0.05) is 0 Å². The number of carboxylic acid groups (broad SMARTS) is 1. The van der Waals surface area contributed by atoms with Gasteiger partial charge in [-0.15, -0.1) is 0 Å². The van der Waals surface area contributed by atoms with E-state index >= 15 is 0 Å². The molecule has 22 heavy (non-hydrogen) atoms. The fraction of sp³-hybridized carbons (Fsp3) is 0.625. The molecule has 1 saturated heterocycles. The second kappa shape index (κ2) is 6.52. The molecule has 2 rings (SSSR count). The van der Waals surface area contributed by atoms with Crippen LogP contribution in [-0.2, 0) is 9.53 Å². The Kier molecular flexibility index (Phi) is 4.90. The standard InChI is InChI=1S/C16H24N2O4/c1-10(2)18-11(3)7-14(12(18)4)16(21)17-5-6-22-13(9-17)8-15(19)20/h7,10,13H,5-6,8-9H2,1-4H3,(H,19,20). The zero-order chi connectivity index (χ0) is 16.4. The fourth-order valence-corrected chi connectivity index (χ4v) is 3.18. The molecule has 1 unspecified atom stereocenters. The molecule has 2 heterocycles. The van der Waals surface area contributed by atoms with Gasteiger partial charge in [0, 0.05) is 30.5 Å². The molecule has 1 atom stereocenters. The zero-order valence-corrected chi connectivity index (χ0v) is 13.6. The van der Waals surface area contributed by atoms with E-state index in [1.165, 1.54) is 0 Å². The van der Waals surface area contributed by atoms with Gasteiger partial charge in [0.1, 0.15) is 0 Å². The average Bonchev–Trinajstić information content (AvgIpc) is 2.72. The number of aliphatic carboxylic acids is 1. The Labute approximate surface area is 130 Å². The molecule has 1 N–H and O–H groups in total. The zero-order valence-electron chi connectivity index (χ0n) is 13.6. The Balaban J connectivity index is 2.18. The molecule has 0 bridgehead atoms. The van der Waals surface area contributed by atoms with Crippen molar-refractivity contribution >= 4 is 11.9 Å². The molecule has 1 fully saturated rings. The molecule has 122 valence electrons. The lowest BCUT2D eigenvalue weighted by atomic mass is 10.1. The first-order valence-electron chi connectivity index (χ1n) is 7.62. The predicted octanol–water partition coefficient (Wildman–Crippen LogP) is 2.00. The van der Waals surface area contributed by atoms with Crippen molar-refractivity contribution in [1.29, 1.82) is 0 Å². The number of nitrogens with zero attached hydrogens (tertiary/aromatic N) is 2. The Hall–Kier alpha value is -1.82. The van der Waals surface area contributed by atoms with Crippen LogP contribution in [0.2, 0.25) is 0 Å². The maximum atomic E-state index is 12.7. The van der Waals surface area contributed by atoms with Gasteiger partial charge in [0.2, 0.25) is 0 Å². The van der Waals surface area contributed by atoms with Gasteiger partial charge in [-0.3, -0.25) is 9.59 Å². The van der Waals surface area contributed by atoms with E-state index in [0.29, 0.717) is 31.3 Å². The van der Waals surface area contributed by atoms with Gasteiger partial charge in [-0.2, -0.15) is 0 Å². The molecule has 6 heteroatoms. The Bertz CT molecular complexity index is 577. The topological polar surface area (TPSA) is 71.8 Å². The first kappa shape index (κ1) is 16.5. The highest BCUT2D eigenvalue weighted by molar-refractivity contribution is 5.95. The van der Waals surface area contributed by atoms with E-state index in [-0.39, 0.29) is 12.3 Å². The van der Waals surface area contributed by atoms with Gasteiger partial charge in [0.25, 0.3) is 5.91 Å². The first-order valence-corrected chi connectivity index (χ1v) is 7.62. The van der Waals surface area contributed by atoms with Crippen LogP contribution in [0.4, 0.5) is 0 Å². The minimum Gasteiger partial charge on any atom is -0.481 e. The second-order valence-corrected chi connectivity index (χ2v) is 6.09. The molecular formula is C16H24N2O4. The number of hydrogen-bond acceptors (Lipinski definition) is 3. The van der Waals surface area contributed by atoms with Crippen LogP contribution in [0.25, 0.3) is 0 Å².